The Morgan fingerprint density at radius 2 is 2.11 bits per heavy atom. The summed E-state index contributed by atoms with van der Waals surface area (Å²) in [5.41, 5.74) is -0.148. The minimum atomic E-state index is -0.860. The van der Waals surface area contributed by atoms with E-state index < -0.39 is 17.5 Å². The van der Waals surface area contributed by atoms with Crippen LogP contribution in [0.15, 0.2) is 18.2 Å². The van der Waals surface area contributed by atoms with Crippen LogP contribution >= 0.6 is 23.2 Å². The van der Waals surface area contributed by atoms with Crippen LogP contribution in [0.4, 0.5) is 4.79 Å². The van der Waals surface area contributed by atoms with Crippen molar-refractivity contribution in [1.82, 2.24) is 15.5 Å². The van der Waals surface area contributed by atoms with Crippen molar-refractivity contribution >= 4 is 41.0 Å². The third-order valence-corrected chi connectivity index (χ3v) is 6.17. The molecule has 3 rings (SSSR count). The predicted octanol–water partition coefficient (Wildman–Crippen LogP) is 3.67. The van der Waals surface area contributed by atoms with Crippen molar-refractivity contribution in [3.8, 4) is 0 Å². The molecule has 2 aliphatic rings. The highest BCUT2D eigenvalue weighted by Gasteiger charge is 2.55. The van der Waals surface area contributed by atoms with Gasteiger partial charge in [0.1, 0.15) is 12.1 Å². The average Bonchev–Trinajstić information content (AvgIpc) is 2.82. The quantitative estimate of drug-likeness (QED) is 0.741. The molecular formula is C19H23Cl2N3O3. The first-order chi connectivity index (χ1) is 12.7. The molecule has 0 aromatic heterocycles. The minimum Gasteiger partial charge on any atom is -0.348 e. The van der Waals surface area contributed by atoms with Crippen LogP contribution in [-0.2, 0) is 9.59 Å². The number of hydrogen-bond donors (Lipinski definition) is 2. The predicted molar refractivity (Wildman–Crippen MR) is 104 cm³/mol. The Morgan fingerprint density at radius 3 is 2.78 bits per heavy atom. The highest BCUT2D eigenvalue weighted by molar-refractivity contribution is 6.35. The number of rotatable bonds is 4. The van der Waals surface area contributed by atoms with Gasteiger partial charge in [-0.15, -0.1) is 0 Å². The number of hydrogen-bond acceptors (Lipinski definition) is 3. The fourth-order valence-electron chi connectivity index (χ4n) is 4.00. The summed E-state index contributed by atoms with van der Waals surface area (Å²) in [6.07, 6.45) is 3.44. The van der Waals surface area contributed by atoms with Crippen LogP contribution in [-0.4, -0.2) is 34.8 Å². The number of nitrogens with zero attached hydrogens (tertiary/aromatic N) is 1. The third-order valence-electron chi connectivity index (χ3n) is 5.61. The molecule has 0 bridgehead atoms. The van der Waals surface area contributed by atoms with Crippen LogP contribution in [0.3, 0.4) is 0 Å². The molecule has 1 aliphatic heterocycles. The lowest BCUT2D eigenvalue weighted by Gasteiger charge is -2.36. The molecule has 1 spiro atoms. The Morgan fingerprint density at radius 1 is 1.37 bits per heavy atom. The Hall–Kier alpha value is -1.79. The molecule has 4 amide bonds. The highest BCUT2D eigenvalue weighted by Crippen LogP contribution is 2.38. The molecule has 1 aromatic rings. The van der Waals surface area contributed by atoms with E-state index in [1.807, 2.05) is 6.92 Å². The molecule has 0 radical (unpaired) electrons. The molecule has 8 heteroatoms. The Labute approximate surface area is 168 Å². The summed E-state index contributed by atoms with van der Waals surface area (Å²) < 4.78 is 0. The Balaban J connectivity index is 1.67. The number of nitrogens with one attached hydrogen (secondary N) is 2. The van der Waals surface area contributed by atoms with Gasteiger partial charge in [-0.2, -0.15) is 0 Å². The van der Waals surface area contributed by atoms with E-state index in [0.717, 1.165) is 24.2 Å². The van der Waals surface area contributed by atoms with E-state index in [-0.39, 0.29) is 24.4 Å². The minimum absolute atomic E-state index is 0.0579. The normalized spacial score (nSPS) is 26.2. The lowest BCUT2D eigenvalue weighted by molar-refractivity contribution is -0.137. The molecule has 146 valence electrons. The van der Waals surface area contributed by atoms with Crippen molar-refractivity contribution in [1.29, 1.82) is 0 Å². The maximum atomic E-state index is 12.9. The molecule has 27 heavy (non-hydrogen) atoms. The maximum absolute atomic E-state index is 12.9. The van der Waals surface area contributed by atoms with Gasteiger partial charge in [-0.05, 0) is 43.4 Å². The Bertz CT molecular complexity index is 785. The molecule has 1 saturated heterocycles. The monoisotopic (exact) mass is 411 g/mol. The Kier molecular flexibility index (Phi) is 5.68. The number of carbonyl (C=O) groups excluding carboxylic acids is 3. The van der Waals surface area contributed by atoms with E-state index in [0.29, 0.717) is 22.0 Å². The molecule has 3 atom stereocenters. The maximum Gasteiger partial charge on any atom is 0.325 e. The van der Waals surface area contributed by atoms with E-state index in [9.17, 15) is 14.4 Å². The van der Waals surface area contributed by atoms with Crippen LogP contribution < -0.4 is 10.6 Å². The first kappa shape index (κ1) is 20.0. The topological polar surface area (TPSA) is 78.5 Å². The zero-order valence-corrected chi connectivity index (χ0v) is 16.9. The van der Waals surface area contributed by atoms with Crippen LogP contribution in [0.25, 0.3) is 0 Å². The molecule has 1 aliphatic carbocycles. The second-order valence-electron chi connectivity index (χ2n) is 7.39. The first-order valence-corrected chi connectivity index (χ1v) is 9.88. The van der Waals surface area contributed by atoms with Crippen LogP contribution in [0.5, 0.6) is 0 Å². The third kappa shape index (κ3) is 3.78. The zero-order valence-electron chi connectivity index (χ0n) is 15.4. The summed E-state index contributed by atoms with van der Waals surface area (Å²) in [5, 5.41) is 6.59. The van der Waals surface area contributed by atoms with Crippen LogP contribution in [0.2, 0.25) is 10.0 Å². The van der Waals surface area contributed by atoms with E-state index in [4.69, 9.17) is 23.2 Å². The second-order valence-corrected chi connectivity index (χ2v) is 8.24. The van der Waals surface area contributed by atoms with Crippen LogP contribution in [0, 0.1) is 5.92 Å². The molecular weight excluding hydrogens is 389 g/mol. The van der Waals surface area contributed by atoms with Crippen LogP contribution in [0.1, 0.15) is 51.1 Å². The smallest absolute Gasteiger partial charge is 0.325 e. The largest absolute Gasteiger partial charge is 0.348 e. The number of urea groups is 1. The standard InChI is InChI=1S/C19H23Cl2N3O3/c1-11-5-3-4-8-19(11)17(26)24(18(27)23-19)10-16(25)22-12(2)14-7-6-13(20)9-15(14)21/h6-7,9,11-12H,3-5,8,10H2,1-2H3,(H,22,25)(H,23,27)/t11-,12-,19-/m0/s1. The van der Waals surface area contributed by atoms with Gasteiger partial charge >= 0.3 is 6.03 Å². The summed E-state index contributed by atoms with van der Waals surface area (Å²) in [5.74, 6) is -0.660. The number of carbonyl (C=O) groups is 3. The van der Waals surface area contributed by atoms with Gasteiger partial charge < -0.3 is 10.6 Å². The van der Waals surface area contributed by atoms with Gasteiger partial charge in [0.05, 0.1) is 6.04 Å². The van der Waals surface area contributed by atoms with Crippen molar-refractivity contribution < 1.29 is 14.4 Å². The lowest BCUT2D eigenvalue weighted by atomic mass is 9.73. The first-order valence-electron chi connectivity index (χ1n) is 9.13. The summed E-state index contributed by atoms with van der Waals surface area (Å²) in [4.78, 5) is 38.7. The SMILES string of the molecule is C[C@H](NC(=O)CN1C(=O)N[C@]2(CCCC[C@@H]2C)C1=O)c1ccc(Cl)cc1Cl. The fourth-order valence-corrected chi connectivity index (χ4v) is 4.57. The van der Waals surface area contributed by atoms with Gasteiger partial charge in [0, 0.05) is 10.0 Å². The van der Waals surface area contributed by atoms with E-state index in [1.54, 1.807) is 25.1 Å². The van der Waals surface area contributed by atoms with E-state index in [1.165, 1.54) is 0 Å². The molecule has 1 heterocycles. The summed E-state index contributed by atoms with van der Waals surface area (Å²) in [6, 6.07) is 4.15. The highest BCUT2D eigenvalue weighted by atomic mass is 35.5. The molecule has 1 aromatic carbocycles. The lowest BCUT2D eigenvalue weighted by Crippen LogP contribution is -2.54. The van der Waals surface area contributed by atoms with Gasteiger partial charge in [-0.1, -0.05) is 49.0 Å². The van der Waals surface area contributed by atoms with Gasteiger partial charge in [0.25, 0.3) is 5.91 Å². The second kappa shape index (κ2) is 7.68. The zero-order chi connectivity index (χ0) is 19.8. The van der Waals surface area contributed by atoms with Crippen molar-refractivity contribution in [2.75, 3.05) is 6.54 Å². The molecule has 2 N–H and O–H groups in total. The molecule has 6 nitrogen and oxygen atoms in total. The summed E-state index contributed by atoms with van der Waals surface area (Å²) in [7, 11) is 0. The average molecular weight is 412 g/mol. The van der Waals surface area contributed by atoms with Crippen molar-refractivity contribution in [3.05, 3.63) is 33.8 Å². The van der Waals surface area contributed by atoms with Crippen molar-refractivity contribution in [2.24, 2.45) is 5.92 Å². The number of benzene rings is 1. The molecule has 2 fully saturated rings. The molecule has 0 unspecified atom stereocenters. The number of imide groups is 1. The van der Waals surface area contributed by atoms with Gasteiger partial charge in [0.2, 0.25) is 5.91 Å². The summed E-state index contributed by atoms with van der Waals surface area (Å²) >= 11 is 12.1. The van der Waals surface area contributed by atoms with E-state index >= 15 is 0 Å². The van der Waals surface area contributed by atoms with Gasteiger partial charge in [0.15, 0.2) is 0 Å². The van der Waals surface area contributed by atoms with E-state index in [2.05, 4.69) is 10.6 Å². The van der Waals surface area contributed by atoms with Gasteiger partial charge in [-0.25, -0.2) is 4.79 Å². The van der Waals surface area contributed by atoms with Crippen molar-refractivity contribution in [3.63, 3.8) is 0 Å². The number of halogens is 2. The fraction of sp³-hybridized carbons (Fsp3) is 0.526. The number of amides is 4. The van der Waals surface area contributed by atoms with Gasteiger partial charge in [-0.3, -0.25) is 14.5 Å². The molecule has 1 saturated carbocycles. The van der Waals surface area contributed by atoms with Crippen molar-refractivity contribution in [2.45, 2.75) is 51.1 Å². The summed E-state index contributed by atoms with van der Waals surface area (Å²) in [6.45, 7) is 3.45.